The number of rotatable bonds is 1. The van der Waals surface area contributed by atoms with Gasteiger partial charge in [0.1, 0.15) is 0 Å². The predicted molar refractivity (Wildman–Crippen MR) is 94.6 cm³/mol. The van der Waals surface area contributed by atoms with Crippen LogP contribution < -0.4 is 0 Å². The monoisotopic (exact) mass is 332 g/mol. The minimum absolute atomic E-state index is 1.12. The van der Waals surface area contributed by atoms with Crippen LogP contribution in [0.1, 0.15) is 0 Å². The van der Waals surface area contributed by atoms with Crippen LogP contribution >= 0.6 is 15.9 Å². The first kappa shape index (κ1) is 12.6. The first-order valence-electron chi connectivity index (χ1n) is 6.99. The van der Waals surface area contributed by atoms with Gasteiger partial charge >= 0.3 is 0 Å². The van der Waals surface area contributed by atoms with Crippen molar-refractivity contribution in [3.8, 4) is 11.1 Å². The van der Waals surface area contributed by atoms with Crippen molar-refractivity contribution in [2.45, 2.75) is 0 Å². The molecule has 1 heteroatoms. The highest BCUT2D eigenvalue weighted by Gasteiger charge is 2.09. The summed E-state index contributed by atoms with van der Waals surface area (Å²) in [5.74, 6) is 0. The van der Waals surface area contributed by atoms with Crippen LogP contribution in [-0.2, 0) is 0 Å². The Morgan fingerprint density at radius 2 is 1.29 bits per heavy atom. The minimum Gasteiger partial charge on any atom is -0.0622 e. The van der Waals surface area contributed by atoms with Crippen molar-refractivity contribution in [3.05, 3.63) is 83.3 Å². The molecule has 4 aromatic rings. The fourth-order valence-electron chi connectivity index (χ4n) is 2.96. The summed E-state index contributed by atoms with van der Waals surface area (Å²) in [5, 5.41) is 5.14. The Morgan fingerprint density at radius 3 is 2.14 bits per heavy atom. The van der Waals surface area contributed by atoms with E-state index in [0.29, 0.717) is 0 Å². The molecule has 0 unspecified atom stereocenters. The number of halogens is 1. The highest BCUT2D eigenvalue weighted by molar-refractivity contribution is 9.10. The molecule has 0 N–H and O–H groups in total. The second-order valence-corrected chi connectivity index (χ2v) is 6.12. The lowest BCUT2D eigenvalue weighted by atomic mass is 9.92. The molecular weight excluding hydrogens is 320 g/mol. The molecule has 0 atom stereocenters. The van der Waals surface area contributed by atoms with Gasteiger partial charge in [0.05, 0.1) is 0 Å². The molecule has 0 nitrogen and oxygen atoms in total. The molecule has 100 valence electrons. The third-order valence-corrected chi connectivity index (χ3v) is 4.38. The summed E-state index contributed by atoms with van der Waals surface area (Å²) in [6.07, 6.45) is 0. The van der Waals surface area contributed by atoms with Gasteiger partial charge in [0, 0.05) is 4.47 Å². The molecular formula is C20H13Br. The van der Waals surface area contributed by atoms with Crippen LogP contribution in [0.5, 0.6) is 0 Å². The molecule has 0 fully saturated rings. The summed E-state index contributed by atoms with van der Waals surface area (Å²) < 4.78 is 1.12. The summed E-state index contributed by atoms with van der Waals surface area (Å²) in [4.78, 5) is 0. The van der Waals surface area contributed by atoms with E-state index < -0.39 is 0 Å². The molecule has 0 radical (unpaired) electrons. The number of hydrogen-bond donors (Lipinski definition) is 0. The van der Waals surface area contributed by atoms with Crippen LogP contribution in [-0.4, -0.2) is 0 Å². The first-order valence-corrected chi connectivity index (χ1v) is 7.79. The Kier molecular flexibility index (Phi) is 3.01. The summed E-state index contributed by atoms with van der Waals surface area (Å²) in [6, 6.07) is 28.0. The Bertz CT molecular complexity index is 940. The van der Waals surface area contributed by atoms with Gasteiger partial charge in [-0.1, -0.05) is 76.6 Å². The SMILES string of the molecule is Brc1ccc2c(-c3ccccc3)c3ccccc3cc2c1. The minimum atomic E-state index is 1.12. The predicted octanol–water partition coefficient (Wildman–Crippen LogP) is 6.42. The average Bonchev–Trinajstić information content (AvgIpc) is 2.53. The molecule has 4 rings (SSSR count). The highest BCUT2D eigenvalue weighted by Crippen LogP contribution is 2.37. The summed E-state index contributed by atoms with van der Waals surface area (Å²) in [6.45, 7) is 0. The van der Waals surface area contributed by atoms with E-state index in [9.17, 15) is 0 Å². The van der Waals surface area contributed by atoms with Crippen LogP contribution in [0.2, 0.25) is 0 Å². The van der Waals surface area contributed by atoms with Crippen LogP contribution in [0.15, 0.2) is 83.3 Å². The molecule has 0 spiro atoms. The van der Waals surface area contributed by atoms with Crippen molar-refractivity contribution in [2.24, 2.45) is 0 Å². The van der Waals surface area contributed by atoms with Gasteiger partial charge in [0.2, 0.25) is 0 Å². The molecule has 21 heavy (non-hydrogen) atoms. The van der Waals surface area contributed by atoms with E-state index in [2.05, 4.69) is 94.8 Å². The fraction of sp³-hybridized carbons (Fsp3) is 0. The Morgan fingerprint density at radius 1 is 0.571 bits per heavy atom. The summed E-state index contributed by atoms with van der Waals surface area (Å²) >= 11 is 3.58. The van der Waals surface area contributed by atoms with Gasteiger partial charge in [-0.15, -0.1) is 0 Å². The zero-order valence-corrected chi connectivity index (χ0v) is 13.0. The van der Waals surface area contributed by atoms with E-state index in [1.807, 2.05) is 0 Å². The fourth-order valence-corrected chi connectivity index (χ4v) is 3.34. The standard InChI is InChI=1S/C20H13Br/c21-17-10-11-19-16(13-17)12-15-8-4-5-9-18(15)20(19)14-6-2-1-3-7-14/h1-13H. The average molecular weight is 333 g/mol. The van der Waals surface area contributed by atoms with Crippen LogP contribution in [0.4, 0.5) is 0 Å². The molecule has 0 saturated carbocycles. The smallest absolute Gasteiger partial charge is 0.0181 e. The van der Waals surface area contributed by atoms with Crippen LogP contribution in [0.3, 0.4) is 0 Å². The molecule has 0 bridgehead atoms. The molecule has 0 aliphatic heterocycles. The van der Waals surface area contributed by atoms with E-state index >= 15 is 0 Å². The van der Waals surface area contributed by atoms with Gasteiger partial charge in [0.25, 0.3) is 0 Å². The van der Waals surface area contributed by atoms with Crippen molar-refractivity contribution in [2.75, 3.05) is 0 Å². The van der Waals surface area contributed by atoms with Gasteiger partial charge < -0.3 is 0 Å². The van der Waals surface area contributed by atoms with E-state index in [-0.39, 0.29) is 0 Å². The van der Waals surface area contributed by atoms with Gasteiger partial charge in [-0.25, -0.2) is 0 Å². The van der Waals surface area contributed by atoms with Gasteiger partial charge in [-0.2, -0.15) is 0 Å². The summed E-state index contributed by atoms with van der Waals surface area (Å²) in [5.41, 5.74) is 2.58. The molecule has 0 aliphatic rings. The van der Waals surface area contributed by atoms with Crippen molar-refractivity contribution in [1.82, 2.24) is 0 Å². The van der Waals surface area contributed by atoms with Crippen molar-refractivity contribution < 1.29 is 0 Å². The topological polar surface area (TPSA) is 0 Å². The molecule has 0 amide bonds. The molecule has 0 saturated heterocycles. The normalized spacial score (nSPS) is 11.1. The van der Waals surface area contributed by atoms with E-state index in [1.165, 1.54) is 32.7 Å². The maximum Gasteiger partial charge on any atom is 0.0181 e. The second-order valence-electron chi connectivity index (χ2n) is 5.20. The van der Waals surface area contributed by atoms with E-state index in [4.69, 9.17) is 0 Å². The lowest BCUT2D eigenvalue weighted by Gasteiger charge is -2.12. The Labute approximate surface area is 132 Å². The van der Waals surface area contributed by atoms with Gasteiger partial charge in [-0.3, -0.25) is 0 Å². The van der Waals surface area contributed by atoms with Crippen molar-refractivity contribution in [3.63, 3.8) is 0 Å². The van der Waals surface area contributed by atoms with E-state index in [0.717, 1.165) is 4.47 Å². The second kappa shape index (κ2) is 5.01. The zero-order chi connectivity index (χ0) is 14.2. The molecule has 0 aromatic heterocycles. The van der Waals surface area contributed by atoms with Gasteiger partial charge in [-0.05, 0) is 50.9 Å². The zero-order valence-electron chi connectivity index (χ0n) is 11.4. The number of fused-ring (bicyclic) bond motifs is 2. The lowest BCUT2D eigenvalue weighted by molar-refractivity contribution is 1.66. The highest BCUT2D eigenvalue weighted by atomic mass is 79.9. The Balaban J connectivity index is 2.22. The van der Waals surface area contributed by atoms with Crippen molar-refractivity contribution >= 4 is 37.5 Å². The third-order valence-electron chi connectivity index (χ3n) is 3.89. The number of hydrogen-bond acceptors (Lipinski definition) is 0. The van der Waals surface area contributed by atoms with Crippen molar-refractivity contribution in [1.29, 1.82) is 0 Å². The van der Waals surface area contributed by atoms with E-state index in [1.54, 1.807) is 0 Å². The maximum atomic E-state index is 3.58. The Hall–Kier alpha value is -2.12. The number of benzene rings is 4. The molecule has 4 aromatic carbocycles. The largest absolute Gasteiger partial charge is 0.0622 e. The molecule has 0 heterocycles. The lowest BCUT2D eigenvalue weighted by Crippen LogP contribution is -1.85. The maximum absolute atomic E-state index is 3.58. The quantitative estimate of drug-likeness (QED) is 0.352. The van der Waals surface area contributed by atoms with Crippen LogP contribution in [0, 0.1) is 0 Å². The molecule has 0 aliphatic carbocycles. The van der Waals surface area contributed by atoms with Gasteiger partial charge in [0.15, 0.2) is 0 Å². The van der Waals surface area contributed by atoms with Crippen LogP contribution in [0.25, 0.3) is 32.7 Å². The summed E-state index contributed by atoms with van der Waals surface area (Å²) in [7, 11) is 0. The third kappa shape index (κ3) is 2.14. The first-order chi connectivity index (χ1) is 10.3.